The van der Waals surface area contributed by atoms with Crippen LogP contribution in [0.4, 0.5) is 0 Å². The number of carboxylic acid groups (broad SMARTS) is 1. The Hall–Kier alpha value is -1.78. The van der Waals surface area contributed by atoms with E-state index in [-0.39, 0.29) is 18.7 Å². The van der Waals surface area contributed by atoms with Gasteiger partial charge in [0, 0.05) is 25.2 Å². The Balaban J connectivity index is 2.20. The minimum Gasteiger partial charge on any atom is -0.481 e. The van der Waals surface area contributed by atoms with Gasteiger partial charge in [-0.3, -0.25) is 19.7 Å². The van der Waals surface area contributed by atoms with E-state index in [9.17, 15) is 9.59 Å². The molecule has 1 aromatic heterocycles. The summed E-state index contributed by atoms with van der Waals surface area (Å²) in [6.07, 6.45) is 4.02. The summed E-state index contributed by atoms with van der Waals surface area (Å²) < 4.78 is 1.53. The molecule has 1 rings (SSSR count). The van der Waals surface area contributed by atoms with E-state index >= 15 is 0 Å². The second kappa shape index (κ2) is 5.06. The Kier molecular flexibility index (Phi) is 3.72. The summed E-state index contributed by atoms with van der Waals surface area (Å²) in [6.45, 7) is 0. The van der Waals surface area contributed by atoms with Crippen molar-refractivity contribution in [2.75, 3.05) is 5.43 Å². The number of amides is 1. The molecule has 0 unspecified atom stereocenters. The van der Waals surface area contributed by atoms with E-state index in [1.807, 2.05) is 0 Å². The third-order valence-corrected chi connectivity index (χ3v) is 1.65. The van der Waals surface area contributed by atoms with Crippen molar-refractivity contribution >= 4 is 11.9 Å². The molecule has 1 heterocycles. The van der Waals surface area contributed by atoms with Crippen LogP contribution in [-0.4, -0.2) is 21.7 Å². The first kappa shape index (κ1) is 10.3. The molecule has 0 atom stereocenters. The first-order chi connectivity index (χ1) is 6.68. The largest absolute Gasteiger partial charge is 0.481 e. The van der Waals surface area contributed by atoms with Gasteiger partial charge in [-0.1, -0.05) is 0 Å². The number of carbonyl (C=O) groups excluding carboxylic acids is 1. The molecule has 0 fully saturated rings. The van der Waals surface area contributed by atoms with E-state index in [0.29, 0.717) is 6.42 Å². The first-order valence-corrected chi connectivity index (χ1v) is 4.33. The van der Waals surface area contributed by atoms with Crippen LogP contribution in [-0.2, 0) is 9.59 Å². The van der Waals surface area contributed by atoms with Gasteiger partial charge >= 0.3 is 5.97 Å². The molecule has 2 N–H and O–H groups in total. The second-order valence-electron chi connectivity index (χ2n) is 2.87. The highest BCUT2D eigenvalue weighted by atomic mass is 16.4. The number of rotatable bonds is 5. The highest BCUT2D eigenvalue weighted by Crippen LogP contribution is 1.96. The van der Waals surface area contributed by atoms with Gasteiger partial charge in [0.25, 0.3) is 0 Å². The maximum absolute atomic E-state index is 11.2. The predicted octanol–water partition coefficient (Wildman–Crippen LogP) is 0.813. The minimum absolute atomic E-state index is 0.0269. The summed E-state index contributed by atoms with van der Waals surface area (Å²) in [4.78, 5) is 21.3. The molecule has 1 amide bonds. The summed E-state index contributed by atoms with van der Waals surface area (Å²) in [7, 11) is 0. The molecular weight excluding hydrogens is 184 g/mol. The third-order valence-electron chi connectivity index (χ3n) is 1.65. The first-order valence-electron chi connectivity index (χ1n) is 4.33. The molecule has 5 heteroatoms. The summed E-state index contributed by atoms with van der Waals surface area (Å²) >= 11 is 0. The lowest BCUT2D eigenvalue weighted by Crippen LogP contribution is -2.21. The van der Waals surface area contributed by atoms with Crippen LogP contribution >= 0.6 is 0 Å². The van der Waals surface area contributed by atoms with Crippen molar-refractivity contribution in [1.82, 2.24) is 4.68 Å². The van der Waals surface area contributed by atoms with E-state index in [1.54, 1.807) is 24.5 Å². The van der Waals surface area contributed by atoms with Crippen molar-refractivity contribution in [2.45, 2.75) is 19.3 Å². The van der Waals surface area contributed by atoms with E-state index in [1.165, 1.54) is 4.68 Å². The van der Waals surface area contributed by atoms with Gasteiger partial charge in [0.15, 0.2) is 0 Å². The number of hydrogen-bond acceptors (Lipinski definition) is 2. The van der Waals surface area contributed by atoms with Crippen LogP contribution in [0, 0.1) is 0 Å². The normalized spacial score (nSPS) is 9.71. The topological polar surface area (TPSA) is 71.3 Å². The highest BCUT2D eigenvalue weighted by Gasteiger charge is 2.03. The lowest BCUT2D eigenvalue weighted by atomic mass is 10.2. The van der Waals surface area contributed by atoms with Gasteiger partial charge < -0.3 is 5.11 Å². The molecule has 76 valence electrons. The van der Waals surface area contributed by atoms with Crippen LogP contribution in [0.15, 0.2) is 24.5 Å². The molecular formula is C9H12N2O3. The van der Waals surface area contributed by atoms with E-state index in [2.05, 4.69) is 5.43 Å². The average Bonchev–Trinajstić information content (AvgIpc) is 2.56. The molecule has 0 radical (unpaired) electrons. The van der Waals surface area contributed by atoms with Crippen molar-refractivity contribution in [3.05, 3.63) is 24.5 Å². The lowest BCUT2D eigenvalue weighted by molar-refractivity contribution is -0.137. The molecule has 0 aliphatic rings. The van der Waals surface area contributed by atoms with Crippen molar-refractivity contribution in [3.8, 4) is 0 Å². The molecule has 5 nitrogen and oxygen atoms in total. The Morgan fingerprint density at radius 2 is 1.86 bits per heavy atom. The SMILES string of the molecule is O=C(O)CCCC(=O)Nn1cccc1. The molecule has 0 saturated heterocycles. The Labute approximate surface area is 81.3 Å². The van der Waals surface area contributed by atoms with Crippen molar-refractivity contribution in [3.63, 3.8) is 0 Å². The van der Waals surface area contributed by atoms with Gasteiger partial charge in [0.2, 0.25) is 5.91 Å². The Morgan fingerprint density at radius 1 is 1.21 bits per heavy atom. The van der Waals surface area contributed by atoms with Gasteiger partial charge in [-0.25, -0.2) is 0 Å². The van der Waals surface area contributed by atoms with Crippen molar-refractivity contribution in [1.29, 1.82) is 0 Å². The molecule has 0 spiro atoms. The van der Waals surface area contributed by atoms with Gasteiger partial charge in [0.1, 0.15) is 0 Å². The lowest BCUT2D eigenvalue weighted by Gasteiger charge is -2.04. The molecule has 0 bridgehead atoms. The number of carbonyl (C=O) groups is 2. The fraction of sp³-hybridized carbons (Fsp3) is 0.333. The molecule has 0 aliphatic carbocycles. The monoisotopic (exact) mass is 196 g/mol. The number of nitrogens with zero attached hydrogens (tertiary/aromatic N) is 1. The zero-order chi connectivity index (χ0) is 10.4. The van der Waals surface area contributed by atoms with Crippen molar-refractivity contribution < 1.29 is 14.7 Å². The molecule has 14 heavy (non-hydrogen) atoms. The smallest absolute Gasteiger partial charge is 0.303 e. The molecule has 0 aromatic carbocycles. The second-order valence-corrected chi connectivity index (χ2v) is 2.87. The van der Waals surface area contributed by atoms with Crippen LogP contribution in [0.1, 0.15) is 19.3 Å². The number of aromatic nitrogens is 1. The highest BCUT2D eigenvalue weighted by molar-refractivity contribution is 5.83. The van der Waals surface area contributed by atoms with E-state index in [4.69, 9.17) is 5.11 Å². The predicted molar refractivity (Wildman–Crippen MR) is 50.3 cm³/mol. The fourth-order valence-electron chi connectivity index (χ4n) is 1.01. The zero-order valence-corrected chi connectivity index (χ0v) is 7.64. The van der Waals surface area contributed by atoms with E-state index in [0.717, 1.165) is 0 Å². The van der Waals surface area contributed by atoms with Gasteiger partial charge in [-0.15, -0.1) is 0 Å². The number of carboxylic acids is 1. The molecule has 0 saturated carbocycles. The average molecular weight is 196 g/mol. The third kappa shape index (κ3) is 3.75. The van der Waals surface area contributed by atoms with Crippen LogP contribution in [0.5, 0.6) is 0 Å². The number of nitrogens with one attached hydrogen (secondary N) is 1. The van der Waals surface area contributed by atoms with Crippen LogP contribution in [0.3, 0.4) is 0 Å². The summed E-state index contributed by atoms with van der Waals surface area (Å²) in [5.74, 6) is -1.05. The zero-order valence-electron chi connectivity index (χ0n) is 7.64. The van der Waals surface area contributed by atoms with E-state index < -0.39 is 5.97 Å². The Morgan fingerprint density at radius 3 is 2.43 bits per heavy atom. The standard InChI is InChI=1S/C9H12N2O3/c12-8(4-3-5-9(13)14)10-11-6-1-2-7-11/h1-2,6-7H,3-5H2,(H,10,12)(H,13,14). The van der Waals surface area contributed by atoms with Crippen LogP contribution in [0.2, 0.25) is 0 Å². The maximum Gasteiger partial charge on any atom is 0.303 e. The Bertz CT molecular complexity index is 306. The summed E-state index contributed by atoms with van der Waals surface area (Å²) in [6, 6.07) is 3.58. The summed E-state index contributed by atoms with van der Waals surface area (Å²) in [5, 5.41) is 8.35. The fourth-order valence-corrected chi connectivity index (χ4v) is 1.01. The number of hydrogen-bond donors (Lipinski definition) is 2. The molecule has 0 aliphatic heterocycles. The van der Waals surface area contributed by atoms with Gasteiger partial charge in [-0.05, 0) is 18.6 Å². The number of aliphatic carboxylic acids is 1. The van der Waals surface area contributed by atoms with Gasteiger partial charge in [0.05, 0.1) is 0 Å². The van der Waals surface area contributed by atoms with Gasteiger partial charge in [-0.2, -0.15) is 0 Å². The maximum atomic E-state index is 11.2. The minimum atomic E-state index is -0.876. The van der Waals surface area contributed by atoms with Crippen molar-refractivity contribution in [2.24, 2.45) is 0 Å². The summed E-state index contributed by atoms with van der Waals surface area (Å²) in [5.41, 5.74) is 2.58. The quantitative estimate of drug-likeness (QED) is 0.732. The van der Waals surface area contributed by atoms with Crippen LogP contribution < -0.4 is 5.43 Å². The molecule has 1 aromatic rings. The van der Waals surface area contributed by atoms with Crippen LogP contribution in [0.25, 0.3) is 0 Å².